The first-order valence-corrected chi connectivity index (χ1v) is 6.43. The molecule has 0 aliphatic carbocycles. The highest BCUT2D eigenvalue weighted by Crippen LogP contribution is 2.16. The molecule has 0 radical (unpaired) electrons. The molecule has 2 rings (SSSR count). The number of pyridine rings is 1. The van der Waals surface area contributed by atoms with Crippen molar-refractivity contribution in [1.82, 2.24) is 20.1 Å². The molecule has 1 N–H and O–H groups in total. The van der Waals surface area contributed by atoms with Gasteiger partial charge in [0.2, 0.25) is 0 Å². The van der Waals surface area contributed by atoms with Gasteiger partial charge in [-0.1, -0.05) is 13.0 Å². The van der Waals surface area contributed by atoms with Crippen LogP contribution < -0.4 is 5.32 Å². The van der Waals surface area contributed by atoms with Gasteiger partial charge in [0.1, 0.15) is 0 Å². The van der Waals surface area contributed by atoms with Crippen LogP contribution in [0.5, 0.6) is 0 Å². The van der Waals surface area contributed by atoms with E-state index in [1.807, 2.05) is 36.3 Å². The van der Waals surface area contributed by atoms with Crippen molar-refractivity contribution in [3.8, 4) is 0 Å². The van der Waals surface area contributed by atoms with Crippen molar-refractivity contribution >= 4 is 0 Å². The van der Waals surface area contributed by atoms with E-state index in [1.165, 1.54) is 5.56 Å². The summed E-state index contributed by atoms with van der Waals surface area (Å²) in [6.45, 7) is 3.13. The topological polar surface area (TPSA) is 42.7 Å². The second kappa shape index (κ2) is 6.31. The predicted octanol–water partition coefficient (Wildman–Crippen LogP) is 2.19. The van der Waals surface area contributed by atoms with Crippen LogP contribution in [0.1, 0.15) is 30.6 Å². The number of hydrogen-bond acceptors (Lipinski definition) is 3. The molecular weight excluding hydrogens is 224 g/mol. The molecule has 96 valence electrons. The highest BCUT2D eigenvalue weighted by atomic mass is 15.3. The molecule has 0 aromatic carbocycles. The summed E-state index contributed by atoms with van der Waals surface area (Å²) in [6, 6.07) is 6.29. The van der Waals surface area contributed by atoms with Gasteiger partial charge < -0.3 is 5.32 Å². The van der Waals surface area contributed by atoms with Crippen molar-refractivity contribution in [2.75, 3.05) is 7.05 Å². The highest BCUT2D eigenvalue weighted by molar-refractivity contribution is 5.15. The third-order valence-corrected chi connectivity index (χ3v) is 3.00. The third-order valence-electron chi connectivity index (χ3n) is 3.00. The number of nitrogens with zero attached hydrogens (tertiary/aromatic N) is 3. The number of likely N-dealkylation sites (N-methyl/N-ethyl adjacent to an activating group) is 1. The Kier molecular flexibility index (Phi) is 4.47. The summed E-state index contributed by atoms with van der Waals surface area (Å²) in [4.78, 5) is 4.37. The van der Waals surface area contributed by atoms with E-state index in [0.29, 0.717) is 0 Å². The van der Waals surface area contributed by atoms with Gasteiger partial charge >= 0.3 is 0 Å². The van der Waals surface area contributed by atoms with Gasteiger partial charge in [0.25, 0.3) is 0 Å². The Balaban J connectivity index is 2.08. The maximum atomic E-state index is 4.37. The van der Waals surface area contributed by atoms with Crippen molar-refractivity contribution in [2.24, 2.45) is 0 Å². The molecule has 0 spiro atoms. The van der Waals surface area contributed by atoms with Crippen LogP contribution in [0.4, 0.5) is 0 Å². The molecule has 1 unspecified atom stereocenters. The van der Waals surface area contributed by atoms with Crippen LogP contribution in [-0.2, 0) is 13.0 Å². The van der Waals surface area contributed by atoms with Crippen molar-refractivity contribution in [3.05, 3.63) is 48.0 Å². The van der Waals surface area contributed by atoms with Crippen molar-refractivity contribution < 1.29 is 0 Å². The second-order valence-electron chi connectivity index (χ2n) is 4.40. The van der Waals surface area contributed by atoms with Gasteiger partial charge in [-0.15, -0.1) is 0 Å². The number of nitrogens with one attached hydrogen (secondary N) is 1. The molecular formula is C14H20N4. The van der Waals surface area contributed by atoms with Gasteiger partial charge in [-0.05, 0) is 25.6 Å². The molecule has 0 fully saturated rings. The largest absolute Gasteiger partial charge is 0.313 e. The second-order valence-corrected chi connectivity index (χ2v) is 4.40. The highest BCUT2D eigenvalue weighted by Gasteiger charge is 2.12. The van der Waals surface area contributed by atoms with E-state index in [4.69, 9.17) is 0 Å². The summed E-state index contributed by atoms with van der Waals surface area (Å²) in [6.07, 6.45) is 7.89. The Hall–Kier alpha value is -1.68. The van der Waals surface area contributed by atoms with Crippen LogP contribution in [0, 0.1) is 0 Å². The maximum absolute atomic E-state index is 4.37. The first kappa shape index (κ1) is 12.8. The molecule has 2 heterocycles. The average molecular weight is 244 g/mol. The summed E-state index contributed by atoms with van der Waals surface area (Å²) in [7, 11) is 1.98. The number of aromatic nitrogens is 3. The minimum atomic E-state index is 0.269. The number of aryl methyl sites for hydroxylation is 1. The zero-order chi connectivity index (χ0) is 12.8. The van der Waals surface area contributed by atoms with Crippen molar-refractivity contribution in [3.63, 3.8) is 0 Å². The molecule has 0 bridgehead atoms. The lowest BCUT2D eigenvalue weighted by atomic mass is 10.1. The van der Waals surface area contributed by atoms with E-state index < -0.39 is 0 Å². The van der Waals surface area contributed by atoms with Gasteiger partial charge in [0.05, 0.1) is 6.20 Å². The Morgan fingerprint density at radius 2 is 2.28 bits per heavy atom. The maximum Gasteiger partial charge on any atom is 0.0537 e. The van der Waals surface area contributed by atoms with Gasteiger partial charge in [0.15, 0.2) is 0 Å². The fourth-order valence-electron chi connectivity index (χ4n) is 2.03. The minimum absolute atomic E-state index is 0.269. The number of rotatable bonds is 6. The van der Waals surface area contributed by atoms with Gasteiger partial charge in [0, 0.05) is 42.7 Å². The fourth-order valence-corrected chi connectivity index (χ4v) is 2.03. The Labute approximate surface area is 108 Å². The molecule has 0 aliphatic rings. The average Bonchev–Trinajstić information content (AvgIpc) is 2.86. The van der Waals surface area contributed by atoms with E-state index in [0.717, 1.165) is 25.1 Å². The van der Waals surface area contributed by atoms with Crippen LogP contribution in [0.3, 0.4) is 0 Å². The smallest absolute Gasteiger partial charge is 0.0537 e. The van der Waals surface area contributed by atoms with E-state index in [9.17, 15) is 0 Å². The Morgan fingerprint density at radius 3 is 2.94 bits per heavy atom. The lowest BCUT2D eigenvalue weighted by Gasteiger charge is -2.13. The van der Waals surface area contributed by atoms with Gasteiger partial charge in [-0.2, -0.15) is 5.10 Å². The van der Waals surface area contributed by atoms with Crippen LogP contribution in [0.25, 0.3) is 0 Å². The summed E-state index contributed by atoms with van der Waals surface area (Å²) in [5.41, 5.74) is 2.32. The molecule has 0 aliphatic heterocycles. The molecule has 0 saturated carbocycles. The molecule has 0 amide bonds. The Bertz CT molecular complexity index is 464. The SMILES string of the molecule is CCCn1cc(C(Cc2ccccn2)NC)cn1. The molecule has 4 heteroatoms. The zero-order valence-corrected chi connectivity index (χ0v) is 11.0. The minimum Gasteiger partial charge on any atom is -0.313 e. The van der Waals surface area contributed by atoms with Crippen LogP contribution in [0.15, 0.2) is 36.8 Å². The van der Waals surface area contributed by atoms with Crippen LogP contribution in [-0.4, -0.2) is 21.8 Å². The van der Waals surface area contributed by atoms with Crippen molar-refractivity contribution in [2.45, 2.75) is 32.4 Å². The van der Waals surface area contributed by atoms with E-state index in [2.05, 4.69) is 34.6 Å². The van der Waals surface area contributed by atoms with Gasteiger partial charge in [-0.3, -0.25) is 9.67 Å². The summed E-state index contributed by atoms with van der Waals surface area (Å²) >= 11 is 0. The molecule has 2 aromatic heterocycles. The summed E-state index contributed by atoms with van der Waals surface area (Å²) in [5.74, 6) is 0. The monoisotopic (exact) mass is 244 g/mol. The molecule has 1 atom stereocenters. The normalized spacial score (nSPS) is 12.6. The first-order chi connectivity index (χ1) is 8.83. The Morgan fingerprint density at radius 1 is 1.39 bits per heavy atom. The summed E-state index contributed by atoms with van der Waals surface area (Å²) in [5, 5.41) is 7.70. The van der Waals surface area contributed by atoms with E-state index >= 15 is 0 Å². The van der Waals surface area contributed by atoms with Crippen LogP contribution >= 0.6 is 0 Å². The zero-order valence-electron chi connectivity index (χ0n) is 11.0. The first-order valence-electron chi connectivity index (χ1n) is 6.43. The van der Waals surface area contributed by atoms with Crippen LogP contribution in [0.2, 0.25) is 0 Å². The van der Waals surface area contributed by atoms with Crippen molar-refractivity contribution in [1.29, 1.82) is 0 Å². The predicted molar refractivity (Wildman–Crippen MR) is 72.3 cm³/mol. The molecule has 0 saturated heterocycles. The lowest BCUT2D eigenvalue weighted by molar-refractivity contribution is 0.577. The fraction of sp³-hybridized carbons (Fsp3) is 0.429. The summed E-state index contributed by atoms with van der Waals surface area (Å²) < 4.78 is 2.00. The number of hydrogen-bond donors (Lipinski definition) is 1. The third kappa shape index (κ3) is 3.17. The van der Waals surface area contributed by atoms with Gasteiger partial charge in [-0.25, -0.2) is 0 Å². The molecule has 4 nitrogen and oxygen atoms in total. The standard InChI is InChI=1S/C14H20N4/c1-3-8-18-11-12(10-17-18)14(15-2)9-13-6-4-5-7-16-13/h4-7,10-11,14-15H,3,8-9H2,1-2H3. The molecule has 18 heavy (non-hydrogen) atoms. The quantitative estimate of drug-likeness (QED) is 0.847. The lowest BCUT2D eigenvalue weighted by Crippen LogP contribution is -2.18. The molecule has 2 aromatic rings. The van der Waals surface area contributed by atoms with E-state index in [1.54, 1.807) is 0 Å². The van der Waals surface area contributed by atoms with E-state index in [-0.39, 0.29) is 6.04 Å².